The number of hydrogen-bond donors (Lipinski definition) is 1. The van der Waals surface area contributed by atoms with Crippen LogP contribution in [0.25, 0.3) is 0 Å². The van der Waals surface area contributed by atoms with Gasteiger partial charge in [-0.2, -0.15) is 0 Å². The van der Waals surface area contributed by atoms with Crippen LogP contribution in [0.2, 0.25) is 0 Å². The molecule has 2 heteroatoms. The van der Waals surface area contributed by atoms with Crippen LogP contribution in [0, 0.1) is 21.7 Å². The molecule has 33 heavy (non-hydrogen) atoms. The highest BCUT2D eigenvalue weighted by Gasteiger charge is 2.45. The predicted octanol–water partition coefficient (Wildman–Crippen LogP) is 9.89. The van der Waals surface area contributed by atoms with Crippen molar-refractivity contribution in [3.05, 3.63) is 71.3 Å². The maximum Gasteiger partial charge on any atom is 0.131 e. The smallest absolute Gasteiger partial charge is 0.131 e. The molecule has 1 N–H and O–H groups in total. The molecule has 0 aliphatic heterocycles. The van der Waals surface area contributed by atoms with Gasteiger partial charge in [-0.25, -0.2) is 0 Å². The van der Waals surface area contributed by atoms with Gasteiger partial charge in [0, 0.05) is 21.7 Å². The second-order valence-electron chi connectivity index (χ2n) is 11.4. The Morgan fingerprint density at radius 1 is 0.636 bits per heavy atom. The van der Waals surface area contributed by atoms with Gasteiger partial charge in [0.2, 0.25) is 0 Å². The lowest BCUT2D eigenvalue weighted by Gasteiger charge is -2.47. The van der Waals surface area contributed by atoms with Crippen molar-refractivity contribution >= 4 is 0 Å². The van der Waals surface area contributed by atoms with Crippen molar-refractivity contribution in [2.75, 3.05) is 0 Å². The van der Waals surface area contributed by atoms with Gasteiger partial charge in [-0.3, -0.25) is 0 Å². The fourth-order valence-corrected chi connectivity index (χ4v) is 5.18. The van der Waals surface area contributed by atoms with Crippen molar-refractivity contribution in [3.63, 3.8) is 0 Å². The summed E-state index contributed by atoms with van der Waals surface area (Å²) in [5, 5.41) is 10.3. The number of rotatable bonds is 11. The van der Waals surface area contributed by atoms with E-state index in [0.717, 1.165) is 0 Å². The summed E-state index contributed by atoms with van der Waals surface area (Å²) in [6, 6.07) is 0. The van der Waals surface area contributed by atoms with Crippen molar-refractivity contribution in [3.8, 4) is 0 Å². The van der Waals surface area contributed by atoms with E-state index in [1.807, 2.05) is 13.8 Å². The van der Waals surface area contributed by atoms with Crippen LogP contribution in [-0.4, -0.2) is 11.2 Å². The monoisotopic (exact) mass is 456 g/mol. The zero-order chi connectivity index (χ0) is 26.3. The van der Waals surface area contributed by atoms with Gasteiger partial charge >= 0.3 is 0 Å². The third-order valence-electron chi connectivity index (χ3n) is 6.34. The molecule has 1 unspecified atom stereocenters. The Hall–Kier alpha value is -1.96. The largest absolute Gasteiger partial charge is 0.509 e. The zero-order valence-electron chi connectivity index (χ0n) is 24.1. The second-order valence-corrected chi connectivity index (χ2v) is 11.4. The van der Waals surface area contributed by atoms with Crippen molar-refractivity contribution in [1.29, 1.82) is 0 Å². The SMILES string of the molecule is C/C=C\C(C)(C)C(O/C(C)=C(/C)O)C(=C(C(C)(C)/C=C/C)C(C)(C)/C=C/C)C(C)(C)/C=C/C. The molecule has 0 aromatic rings. The molecule has 0 fully saturated rings. The molecule has 1 atom stereocenters. The Kier molecular flexibility index (Phi) is 11.2. The van der Waals surface area contributed by atoms with Gasteiger partial charge in [0.25, 0.3) is 0 Å². The summed E-state index contributed by atoms with van der Waals surface area (Å²) in [6.07, 6.45) is 17.3. The van der Waals surface area contributed by atoms with Crippen LogP contribution in [0.15, 0.2) is 71.3 Å². The van der Waals surface area contributed by atoms with Crippen LogP contribution in [-0.2, 0) is 4.74 Å². The molecular formula is C31H52O2. The Morgan fingerprint density at radius 3 is 1.33 bits per heavy atom. The van der Waals surface area contributed by atoms with Crippen molar-refractivity contribution in [2.24, 2.45) is 21.7 Å². The Morgan fingerprint density at radius 2 is 1.00 bits per heavy atom. The van der Waals surface area contributed by atoms with Crippen LogP contribution in [0.4, 0.5) is 0 Å². The molecule has 0 aromatic heterocycles. The topological polar surface area (TPSA) is 29.5 Å². The fraction of sp³-hybridized carbons (Fsp3) is 0.613. The summed E-state index contributed by atoms with van der Waals surface area (Å²) < 4.78 is 6.69. The van der Waals surface area contributed by atoms with E-state index < -0.39 is 0 Å². The van der Waals surface area contributed by atoms with E-state index in [1.54, 1.807) is 6.92 Å². The van der Waals surface area contributed by atoms with Gasteiger partial charge in [0.15, 0.2) is 0 Å². The standard InChI is InChI=1S/C31H52O2/c1-15-19-28(7,8)25(26(29(9,10)20-16-2)30(11,12)21-17-3)27(31(13,14)22-18-4)33-24(6)23(5)32/h15-22,27,32H,1-14H3/b19-15+,20-16+,21-17+,22-18-,24-23-. The normalized spacial score (nSPS) is 16.2. The molecule has 0 saturated carbocycles. The second kappa shape index (κ2) is 12.0. The highest BCUT2D eigenvalue weighted by Crippen LogP contribution is 2.52. The summed E-state index contributed by atoms with van der Waals surface area (Å²) >= 11 is 0. The average molecular weight is 457 g/mol. The van der Waals surface area contributed by atoms with Gasteiger partial charge in [0.05, 0.1) is 0 Å². The summed E-state index contributed by atoms with van der Waals surface area (Å²) in [5.74, 6) is 0.764. The molecule has 0 rings (SSSR count). The molecule has 0 aliphatic carbocycles. The average Bonchev–Trinajstić information content (AvgIpc) is 2.63. The summed E-state index contributed by atoms with van der Waals surface area (Å²) in [4.78, 5) is 0. The van der Waals surface area contributed by atoms with Crippen LogP contribution >= 0.6 is 0 Å². The van der Waals surface area contributed by atoms with Crippen molar-refractivity contribution < 1.29 is 9.84 Å². The van der Waals surface area contributed by atoms with Crippen molar-refractivity contribution in [2.45, 2.75) is 103 Å². The van der Waals surface area contributed by atoms with E-state index in [-0.39, 0.29) is 33.5 Å². The van der Waals surface area contributed by atoms with Gasteiger partial charge in [-0.1, -0.05) is 104 Å². The lowest BCUT2D eigenvalue weighted by molar-refractivity contribution is 0.0493. The number of allylic oxidation sites excluding steroid dienone is 10. The quantitative estimate of drug-likeness (QED) is 0.247. The van der Waals surface area contributed by atoms with Crippen molar-refractivity contribution in [1.82, 2.24) is 0 Å². The van der Waals surface area contributed by atoms with Gasteiger partial charge in [0.1, 0.15) is 17.6 Å². The third-order valence-corrected chi connectivity index (χ3v) is 6.34. The highest BCUT2D eigenvalue weighted by atomic mass is 16.5. The number of hydrogen-bond acceptors (Lipinski definition) is 2. The zero-order valence-corrected chi connectivity index (χ0v) is 24.1. The molecule has 2 nitrogen and oxygen atoms in total. The van der Waals surface area contributed by atoms with E-state index in [0.29, 0.717) is 5.76 Å². The Labute approximate surface area is 205 Å². The molecule has 0 amide bonds. The summed E-state index contributed by atoms with van der Waals surface area (Å²) in [5.41, 5.74) is 1.55. The molecular weight excluding hydrogens is 404 g/mol. The van der Waals surface area contributed by atoms with E-state index >= 15 is 0 Å². The Bertz CT molecular complexity index is 791. The minimum absolute atomic E-state index is 0.210. The molecule has 188 valence electrons. The van der Waals surface area contributed by atoms with E-state index in [9.17, 15) is 5.11 Å². The lowest BCUT2D eigenvalue weighted by Crippen LogP contribution is -2.41. The molecule has 0 radical (unpaired) electrons. The summed E-state index contributed by atoms with van der Waals surface area (Å²) in [7, 11) is 0. The van der Waals surface area contributed by atoms with E-state index in [2.05, 4.69) is 125 Å². The first kappa shape index (κ1) is 31.0. The summed E-state index contributed by atoms with van der Waals surface area (Å²) in [6.45, 7) is 30.0. The lowest BCUT2D eigenvalue weighted by atomic mass is 9.60. The van der Waals surface area contributed by atoms with Crippen LogP contribution in [0.5, 0.6) is 0 Å². The third kappa shape index (κ3) is 8.09. The molecule has 0 aromatic carbocycles. The molecule has 0 saturated heterocycles. The van der Waals surface area contributed by atoms with E-state index in [4.69, 9.17) is 4.74 Å². The molecule has 0 heterocycles. The minimum Gasteiger partial charge on any atom is -0.509 e. The van der Waals surface area contributed by atoms with Gasteiger partial charge < -0.3 is 9.84 Å². The molecule has 0 spiro atoms. The number of ether oxygens (including phenoxy) is 1. The number of aliphatic hydroxyl groups excluding tert-OH is 1. The first-order chi connectivity index (χ1) is 14.9. The maximum absolute atomic E-state index is 10.3. The van der Waals surface area contributed by atoms with E-state index in [1.165, 1.54) is 11.1 Å². The predicted molar refractivity (Wildman–Crippen MR) is 147 cm³/mol. The Balaban J connectivity index is 8.07. The first-order valence-corrected chi connectivity index (χ1v) is 12.3. The fourth-order valence-electron chi connectivity index (χ4n) is 5.18. The molecule has 0 aliphatic rings. The highest BCUT2D eigenvalue weighted by molar-refractivity contribution is 5.42. The maximum atomic E-state index is 10.3. The van der Waals surface area contributed by atoms with Crippen LogP contribution in [0.3, 0.4) is 0 Å². The van der Waals surface area contributed by atoms with Gasteiger partial charge in [-0.05, 0) is 52.7 Å². The minimum atomic E-state index is -0.317. The number of aliphatic hydroxyl groups is 1. The van der Waals surface area contributed by atoms with Crippen LogP contribution < -0.4 is 0 Å². The molecule has 0 bridgehead atoms. The first-order valence-electron chi connectivity index (χ1n) is 12.3. The van der Waals surface area contributed by atoms with Crippen LogP contribution in [0.1, 0.15) is 96.9 Å². The van der Waals surface area contributed by atoms with Gasteiger partial charge in [-0.15, -0.1) is 0 Å².